The molecule has 0 aliphatic rings. The number of aryl methyl sites for hydroxylation is 1. The number of hydrogen-bond donors (Lipinski definition) is 3. The highest BCUT2D eigenvalue weighted by Gasteiger charge is 2.16. The highest BCUT2D eigenvalue weighted by Crippen LogP contribution is 2.09. The van der Waals surface area contributed by atoms with Crippen LogP contribution in [-0.2, 0) is 11.2 Å². The fraction of sp³-hybridized carbons (Fsp3) is 0.176. The molecule has 22 heavy (non-hydrogen) atoms. The molecule has 0 saturated heterocycles. The van der Waals surface area contributed by atoms with Crippen molar-refractivity contribution in [1.29, 1.82) is 0 Å². The van der Waals surface area contributed by atoms with E-state index in [4.69, 9.17) is 18.0 Å². The van der Waals surface area contributed by atoms with Gasteiger partial charge in [0.1, 0.15) is 6.04 Å². The molecule has 0 aliphatic heterocycles. The van der Waals surface area contributed by atoms with E-state index in [1.807, 2.05) is 61.5 Å². The third-order valence-electron chi connectivity index (χ3n) is 3.21. The Bertz CT molecular complexity index is 658. The topological polar surface area (TPSA) is 67.2 Å². The largest absolute Gasteiger partial charge is 0.368 e. The van der Waals surface area contributed by atoms with Crippen LogP contribution in [-0.4, -0.2) is 17.1 Å². The molecule has 0 saturated carbocycles. The number of anilines is 1. The normalized spacial score (nSPS) is 11.5. The Morgan fingerprint density at radius 1 is 1.18 bits per heavy atom. The van der Waals surface area contributed by atoms with E-state index in [1.54, 1.807) is 0 Å². The Morgan fingerprint density at radius 2 is 1.91 bits per heavy atom. The molecule has 114 valence electrons. The van der Waals surface area contributed by atoms with E-state index in [0.717, 1.165) is 16.8 Å². The second kappa shape index (κ2) is 7.56. The molecule has 1 amide bonds. The van der Waals surface area contributed by atoms with Crippen molar-refractivity contribution in [2.24, 2.45) is 5.73 Å². The van der Waals surface area contributed by atoms with Gasteiger partial charge in [-0.3, -0.25) is 4.79 Å². The Morgan fingerprint density at radius 3 is 2.55 bits per heavy atom. The Hall–Kier alpha value is -2.40. The Balaban J connectivity index is 1.98. The molecule has 0 aromatic heterocycles. The van der Waals surface area contributed by atoms with Crippen LogP contribution in [0.3, 0.4) is 0 Å². The predicted molar refractivity (Wildman–Crippen MR) is 93.7 cm³/mol. The summed E-state index contributed by atoms with van der Waals surface area (Å²) in [6.45, 7) is 2.00. The van der Waals surface area contributed by atoms with Gasteiger partial charge < -0.3 is 16.4 Å². The van der Waals surface area contributed by atoms with Crippen LogP contribution in [0.5, 0.6) is 0 Å². The van der Waals surface area contributed by atoms with Crippen LogP contribution in [0, 0.1) is 6.92 Å². The molecule has 0 bridgehead atoms. The molecular formula is C17H19N3OS. The first kappa shape index (κ1) is 16.0. The summed E-state index contributed by atoms with van der Waals surface area (Å²) >= 11 is 5.26. The number of nitrogens with two attached hydrogens (primary N) is 1. The fourth-order valence-corrected chi connectivity index (χ4v) is 2.38. The summed E-state index contributed by atoms with van der Waals surface area (Å²) in [6, 6.07) is 17.0. The first-order valence-corrected chi connectivity index (χ1v) is 7.43. The third-order valence-corrected chi connectivity index (χ3v) is 3.43. The number of primary amides is 1. The van der Waals surface area contributed by atoms with Crippen LogP contribution in [0.1, 0.15) is 11.1 Å². The lowest BCUT2D eigenvalue weighted by atomic mass is 10.1. The molecule has 0 fully saturated rings. The summed E-state index contributed by atoms with van der Waals surface area (Å²) in [5.41, 5.74) is 8.49. The summed E-state index contributed by atoms with van der Waals surface area (Å²) in [5.74, 6) is -0.433. The van der Waals surface area contributed by atoms with Crippen molar-refractivity contribution >= 4 is 28.9 Å². The van der Waals surface area contributed by atoms with Crippen molar-refractivity contribution in [3.05, 3.63) is 65.7 Å². The molecule has 0 radical (unpaired) electrons. The molecule has 2 aromatic carbocycles. The summed E-state index contributed by atoms with van der Waals surface area (Å²) in [4.78, 5) is 11.6. The monoisotopic (exact) mass is 313 g/mol. The van der Waals surface area contributed by atoms with Crippen LogP contribution in [0.2, 0.25) is 0 Å². The number of thiocarbonyl (C=S) groups is 1. The Kier molecular flexibility index (Phi) is 5.49. The van der Waals surface area contributed by atoms with Gasteiger partial charge in [-0.05, 0) is 42.4 Å². The van der Waals surface area contributed by atoms with E-state index in [0.29, 0.717) is 11.5 Å². The molecule has 4 N–H and O–H groups in total. The summed E-state index contributed by atoms with van der Waals surface area (Å²) < 4.78 is 0. The minimum absolute atomic E-state index is 0.380. The molecular weight excluding hydrogens is 294 g/mol. The molecule has 1 atom stereocenters. The van der Waals surface area contributed by atoms with Crippen molar-refractivity contribution in [1.82, 2.24) is 5.32 Å². The maximum absolute atomic E-state index is 11.6. The predicted octanol–water partition coefficient (Wildman–Crippen LogP) is 2.38. The van der Waals surface area contributed by atoms with E-state index in [1.165, 1.54) is 0 Å². The van der Waals surface area contributed by atoms with Gasteiger partial charge in [-0.15, -0.1) is 0 Å². The molecule has 4 nitrogen and oxygen atoms in total. The van der Waals surface area contributed by atoms with Crippen molar-refractivity contribution in [2.75, 3.05) is 5.32 Å². The second-order valence-corrected chi connectivity index (χ2v) is 5.52. The zero-order valence-electron chi connectivity index (χ0n) is 12.4. The number of carbonyl (C=O) groups is 1. The standard InChI is InChI=1S/C17H19N3OS/c1-12-6-5-9-14(10-12)19-17(22)20-15(16(18)21)11-13-7-3-2-4-8-13/h2-10,15H,11H2,1H3,(H2,18,21)(H2,19,20,22)/t15-/m0/s1. The molecule has 2 aromatic rings. The van der Waals surface area contributed by atoms with Gasteiger partial charge in [-0.1, -0.05) is 42.5 Å². The molecule has 5 heteroatoms. The summed E-state index contributed by atoms with van der Waals surface area (Å²) in [7, 11) is 0. The van der Waals surface area contributed by atoms with Crippen LogP contribution in [0.4, 0.5) is 5.69 Å². The van der Waals surface area contributed by atoms with Gasteiger partial charge in [-0.25, -0.2) is 0 Å². The number of hydrogen-bond acceptors (Lipinski definition) is 2. The first-order chi connectivity index (χ1) is 10.5. The van der Waals surface area contributed by atoms with Crippen LogP contribution in [0.25, 0.3) is 0 Å². The van der Waals surface area contributed by atoms with Crippen LogP contribution >= 0.6 is 12.2 Å². The van der Waals surface area contributed by atoms with Crippen molar-refractivity contribution < 1.29 is 4.79 Å². The van der Waals surface area contributed by atoms with E-state index >= 15 is 0 Å². The van der Waals surface area contributed by atoms with Crippen molar-refractivity contribution in [3.8, 4) is 0 Å². The maximum Gasteiger partial charge on any atom is 0.240 e. The SMILES string of the molecule is Cc1cccc(NC(=S)N[C@@H](Cc2ccccc2)C(N)=O)c1. The zero-order chi connectivity index (χ0) is 15.9. The van der Waals surface area contributed by atoms with Crippen LogP contribution < -0.4 is 16.4 Å². The fourth-order valence-electron chi connectivity index (χ4n) is 2.12. The van der Waals surface area contributed by atoms with Gasteiger partial charge in [0.2, 0.25) is 5.91 Å². The van der Waals surface area contributed by atoms with E-state index in [9.17, 15) is 4.79 Å². The smallest absolute Gasteiger partial charge is 0.240 e. The number of nitrogens with one attached hydrogen (secondary N) is 2. The molecule has 0 unspecified atom stereocenters. The van der Waals surface area contributed by atoms with Gasteiger partial charge in [0.15, 0.2) is 5.11 Å². The average Bonchev–Trinajstić information content (AvgIpc) is 2.47. The van der Waals surface area contributed by atoms with E-state index in [-0.39, 0.29) is 0 Å². The Labute approximate surface area is 135 Å². The molecule has 0 aliphatic carbocycles. The lowest BCUT2D eigenvalue weighted by Gasteiger charge is -2.18. The molecule has 0 heterocycles. The maximum atomic E-state index is 11.6. The summed E-state index contributed by atoms with van der Waals surface area (Å²) in [6.07, 6.45) is 0.492. The van der Waals surface area contributed by atoms with Gasteiger partial charge in [-0.2, -0.15) is 0 Å². The van der Waals surface area contributed by atoms with Gasteiger partial charge in [0, 0.05) is 12.1 Å². The minimum Gasteiger partial charge on any atom is -0.368 e. The first-order valence-electron chi connectivity index (χ1n) is 7.02. The second-order valence-electron chi connectivity index (χ2n) is 5.11. The highest BCUT2D eigenvalue weighted by molar-refractivity contribution is 7.80. The molecule has 0 spiro atoms. The van der Waals surface area contributed by atoms with E-state index < -0.39 is 11.9 Å². The third kappa shape index (κ3) is 4.86. The van der Waals surface area contributed by atoms with Crippen molar-refractivity contribution in [2.45, 2.75) is 19.4 Å². The zero-order valence-corrected chi connectivity index (χ0v) is 13.2. The average molecular weight is 313 g/mol. The lowest BCUT2D eigenvalue weighted by molar-refractivity contribution is -0.119. The number of carbonyl (C=O) groups excluding carboxylic acids is 1. The number of benzene rings is 2. The number of amides is 1. The minimum atomic E-state index is -0.549. The lowest BCUT2D eigenvalue weighted by Crippen LogP contribution is -2.47. The van der Waals surface area contributed by atoms with E-state index in [2.05, 4.69) is 10.6 Å². The summed E-state index contributed by atoms with van der Waals surface area (Å²) in [5, 5.41) is 6.43. The van der Waals surface area contributed by atoms with Gasteiger partial charge in [0.05, 0.1) is 0 Å². The number of rotatable bonds is 5. The van der Waals surface area contributed by atoms with Gasteiger partial charge in [0.25, 0.3) is 0 Å². The van der Waals surface area contributed by atoms with Crippen LogP contribution in [0.15, 0.2) is 54.6 Å². The van der Waals surface area contributed by atoms with Crippen molar-refractivity contribution in [3.63, 3.8) is 0 Å². The molecule has 2 rings (SSSR count). The highest BCUT2D eigenvalue weighted by atomic mass is 32.1. The van der Waals surface area contributed by atoms with Gasteiger partial charge >= 0.3 is 0 Å². The quantitative estimate of drug-likeness (QED) is 0.742.